The maximum absolute atomic E-state index is 12.2. The van der Waals surface area contributed by atoms with Crippen LogP contribution in [0, 0.1) is 11.3 Å². The summed E-state index contributed by atoms with van der Waals surface area (Å²) in [5, 5.41) is 9.53. The molecule has 0 aromatic heterocycles. The molecule has 1 unspecified atom stereocenters. The number of aryl methyl sites for hydroxylation is 1. The number of aromatic hydroxyl groups is 1. The van der Waals surface area contributed by atoms with E-state index in [0.717, 1.165) is 18.4 Å². The van der Waals surface area contributed by atoms with E-state index in [1.807, 2.05) is 6.92 Å². The number of ether oxygens (including phenoxy) is 1. The fraction of sp³-hybridized carbons (Fsp3) is 0.529. The van der Waals surface area contributed by atoms with Gasteiger partial charge in [-0.1, -0.05) is 13.0 Å². The molecule has 1 atom stereocenters. The highest BCUT2D eigenvalue weighted by Crippen LogP contribution is 2.47. The summed E-state index contributed by atoms with van der Waals surface area (Å²) in [6.07, 6.45) is 2.68. The highest BCUT2D eigenvalue weighted by atomic mass is 16.5. The van der Waals surface area contributed by atoms with Crippen molar-refractivity contribution < 1.29 is 19.4 Å². The molecule has 2 rings (SSSR count). The molecule has 4 nitrogen and oxygen atoms in total. The SMILES string of the molecule is COc1cc(CCC(=O)C(C)C(=O)C2(C)CC2)ccc1O. The third-order valence-electron chi connectivity index (χ3n) is 4.38. The van der Waals surface area contributed by atoms with Crippen LogP contribution >= 0.6 is 0 Å². The number of phenols is 1. The fourth-order valence-electron chi connectivity index (χ4n) is 2.46. The number of carbonyl (C=O) groups excluding carboxylic acids is 2. The van der Waals surface area contributed by atoms with Crippen molar-refractivity contribution in [2.24, 2.45) is 11.3 Å². The lowest BCUT2D eigenvalue weighted by Gasteiger charge is -2.14. The number of carbonyl (C=O) groups is 2. The Morgan fingerprint density at radius 3 is 2.62 bits per heavy atom. The Labute approximate surface area is 125 Å². The van der Waals surface area contributed by atoms with Gasteiger partial charge in [-0.2, -0.15) is 0 Å². The largest absolute Gasteiger partial charge is 0.504 e. The molecule has 0 heterocycles. The van der Waals surface area contributed by atoms with Gasteiger partial charge in [0, 0.05) is 11.8 Å². The average Bonchev–Trinajstić information content (AvgIpc) is 3.23. The molecular weight excluding hydrogens is 268 g/mol. The Bertz CT molecular complexity index is 558. The summed E-state index contributed by atoms with van der Waals surface area (Å²) in [5.41, 5.74) is 0.659. The number of methoxy groups -OCH3 is 1. The lowest BCUT2D eigenvalue weighted by Crippen LogP contribution is -2.27. The number of rotatable bonds is 7. The summed E-state index contributed by atoms with van der Waals surface area (Å²) in [5.74, 6) is 0.0276. The monoisotopic (exact) mass is 290 g/mol. The quantitative estimate of drug-likeness (QED) is 0.784. The van der Waals surface area contributed by atoms with Crippen molar-refractivity contribution in [2.45, 2.75) is 39.5 Å². The predicted molar refractivity (Wildman–Crippen MR) is 79.5 cm³/mol. The molecule has 1 fully saturated rings. The third-order valence-corrected chi connectivity index (χ3v) is 4.38. The smallest absolute Gasteiger partial charge is 0.160 e. The Morgan fingerprint density at radius 1 is 1.38 bits per heavy atom. The van der Waals surface area contributed by atoms with Crippen LogP contribution < -0.4 is 4.74 Å². The highest BCUT2D eigenvalue weighted by Gasteiger charge is 2.47. The number of phenolic OH excluding ortho intramolecular Hbond substituents is 1. The molecule has 1 aliphatic carbocycles. The molecule has 1 aromatic carbocycles. The van der Waals surface area contributed by atoms with Crippen LogP contribution in [0.15, 0.2) is 18.2 Å². The van der Waals surface area contributed by atoms with Gasteiger partial charge < -0.3 is 9.84 Å². The molecule has 0 amide bonds. The highest BCUT2D eigenvalue weighted by molar-refractivity contribution is 6.05. The van der Waals surface area contributed by atoms with Crippen molar-refractivity contribution in [3.8, 4) is 11.5 Å². The van der Waals surface area contributed by atoms with Crippen molar-refractivity contribution in [2.75, 3.05) is 7.11 Å². The van der Waals surface area contributed by atoms with Crippen molar-refractivity contribution in [3.05, 3.63) is 23.8 Å². The summed E-state index contributed by atoms with van der Waals surface area (Å²) < 4.78 is 5.04. The van der Waals surface area contributed by atoms with Gasteiger partial charge in [-0.3, -0.25) is 9.59 Å². The molecule has 1 aromatic rings. The summed E-state index contributed by atoms with van der Waals surface area (Å²) >= 11 is 0. The van der Waals surface area contributed by atoms with Crippen molar-refractivity contribution in [3.63, 3.8) is 0 Å². The molecule has 1 aliphatic rings. The lowest BCUT2D eigenvalue weighted by atomic mass is 9.88. The summed E-state index contributed by atoms with van der Waals surface area (Å²) in [7, 11) is 1.49. The fourth-order valence-corrected chi connectivity index (χ4v) is 2.46. The first kappa shape index (κ1) is 15.5. The van der Waals surface area contributed by atoms with E-state index in [1.165, 1.54) is 7.11 Å². The van der Waals surface area contributed by atoms with Gasteiger partial charge in [0.15, 0.2) is 11.5 Å². The van der Waals surface area contributed by atoms with E-state index in [2.05, 4.69) is 0 Å². The minimum atomic E-state index is -0.517. The first-order chi connectivity index (χ1) is 9.87. The molecule has 21 heavy (non-hydrogen) atoms. The average molecular weight is 290 g/mol. The minimum absolute atomic E-state index is 0.0137. The maximum atomic E-state index is 12.2. The summed E-state index contributed by atoms with van der Waals surface area (Å²) in [6.45, 7) is 3.65. The molecule has 1 N–H and O–H groups in total. The Hall–Kier alpha value is -1.84. The first-order valence-corrected chi connectivity index (χ1v) is 7.30. The molecule has 114 valence electrons. The topological polar surface area (TPSA) is 63.6 Å². The predicted octanol–water partition coefficient (Wildman–Crippen LogP) is 2.91. The zero-order valence-electron chi connectivity index (χ0n) is 12.8. The molecule has 0 spiro atoms. The van der Waals surface area contributed by atoms with Crippen LogP contribution in [0.5, 0.6) is 11.5 Å². The van der Waals surface area contributed by atoms with Crippen LogP contribution in [-0.2, 0) is 16.0 Å². The van der Waals surface area contributed by atoms with E-state index < -0.39 is 5.92 Å². The van der Waals surface area contributed by atoms with E-state index >= 15 is 0 Å². The van der Waals surface area contributed by atoms with Crippen LogP contribution in [-0.4, -0.2) is 23.8 Å². The Morgan fingerprint density at radius 2 is 2.05 bits per heavy atom. The molecule has 1 saturated carbocycles. The van der Waals surface area contributed by atoms with Gasteiger partial charge in [0.2, 0.25) is 0 Å². The summed E-state index contributed by atoms with van der Waals surface area (Å²) in [4.78, 5) is 24.3. The van der Waals surface area contributed by atoms with Crippen LogP contribution in [0.25, 0.3) is 0 Å². The van der Waals surface area contributed by atoms with Gasteiger partial charge in [-0.15, -0.1) is 0 Å². The second-order valence-corrected chi connectivity index (χ2v) is 6.12. The first-order valence-electron chi connectivity index (χ1n) is 7.30. The van der Waals surface area contributed by atoms with E-state index in [0.29, 0.717) is 18.6 Å². The Balaban J connectivity index is 1.93. The lowest BCUT2D eigenvalue weighted by molar-refractivity contribution is -0.135. The van der Waals surface area contributed by atoms with E-state index in [9.17, 15) is 14.7 Å². The Kier molecular flexibility index (Phi) is 4.35. The van der Waals surface area contributed by atoms with Crippen LogP contribution in [0.2, 0.25) is 0 Å². The molecule has 0 saturated heterocycles. The second kappa shape index (κ2) is 5.88. The van der Waals surface area contributed by atoms with E-state index in [4.69, 9.17) is 4.74 Å². The van der Waals surface area contributed by atoms with Crippen molar-refractivity contribution >= 4 is 11.6 Å². The van der Waals surface area contributed by atoms with Crippen LogP contribution in [0.3, 0.4) is 0 Å². The van der Waals surface area contributed by atoms with Gasteiger partial charge >= 0.3 is 0 Å². The van der Waals surface area contributed by atoms with Crippen molar-refractivity contribution in [1.29, 1.82) is 0 Å². The van der Waals surface area contributed by atoms with Crippen LogP contribution in [0.4, 0.5) is 0 Å². The zero-order valence-corrected chi connectivity index (χ0v) is 12.8. The third kappa shape index (κ3) is 3.43. The maximum Gasteiger partial charge on any atom is 0.160 e. The van der Waals surface area contributed by atoms with Crippen molar-refractivity contribution in [1.82, 2.24) is 0 Å². The molecule has 0 bridgehead atoms. The zero-order chi connectivity index (χ0) is 15.6. The van der Waals surface area contributed by atoms with Gasteiger partial charge in [0.1, 0.15) is 11.6 Å². The van der Waals surface area contributed by atoms with E-state index in [-0.39, 0.29) is 22.7 Å². The number of Topliss-reactive ketones (excluding diaryl/α,β-unsaturated/α-hetero) is 2. The molecular formula is C17H22O4. The minimum Gasteiger partial charge on any atom is -0.504 e. The normalized spacial score (nSPS) is 17.1. The second-order valence-electron chi connectivity index (χ2n) is 6.12. The molecule has 4 heteroatoms. The van der Waals surface area contributed by atoms with Gasteiger partial charge in [0.25, 0.3) is 0 Å². The number of ketones is 2. The number of benzene rings is 1. The van der Waals surface area contributed by atoms with E-state index in [1.54, 1.807) is 25.1 Å². The van der Waals surface area contributed by atoms with Crippen LogP contribution in [0.1, 0.15) is 38.7 Å². The standard InChI is InChI=1S/C17H22O4/c1-11(16(20)17(2)8-9-17)13(18)6-4-12-5-7-14(19)15(10-12)21-3/h5,7,10-11,19H,4,6,8-9H2,1-3H3. The molecule has 0 aliphatic heterocycles. The summed E-state index contributed by atoms with van der Waals surface area (Å²) in [6, 6.07) is 5.04. The van der Waals surface area contributed by atoms with Gasteiger partial charge in [-0.25, -0.2) is 0 Å². The van der Waals surface area contributed by atoms with Gasteiger partial charge in [-0.05, 0) is 43.9 Å². The molecule has 0 radical (unpaired) electrons. The number of hydrogen-bond donors (Lipinski definition) is 1. The van der Waals surface area contributed by atoms with Gasteiger partial charge in [0.05, 0.1) is 13.0 Å². The number of hydrogen-bond acceptors (Lipinski definition) is 4.